The van der Waals surface area contributed by atoms with Crippen LogP contribution in [0.15, 0.2) is 55.0 Å². The lowest BCUT2D eigenvalue weighted by atomic mass is 10.1. The van der Waals surface area contributed by atoms with E-state index < -0.39 is 0 Å². The number of benzene rings is 1. The number of hydrogen-bond donors (Lipinski definition) is 0. The highest BCUT2D eigenvalue weighted by molar-refractivity contribution is 6.30. The highest BCUT2D eigenvalue weighted by Gasteiger charge is 2.20. The predicted octanol–water partition coefficient (Wildman–Crippen LogP) is 4.61. The topological polar surface area (TPSA) is 54.8 Å². The maximum Gasteiger partial charge on any atom is 0.160 e. The van der Waals surface area contributed by atoms with Gasteiger partial charge in [0.25, 0.3) is 0 Å². The molecule has 0 aliphatic carbocycles. The molecule has 4 heterocycles. The molecule has 0 saturated heterocycles. The molecule has 0 unspecified atom stereocenters. The van der Waals surface area contributed by atoms with E-state index >= 15 is 0 Å². The zero-order chi connectivity index (χ0) is 19.8. The lowest BCUT2D eigenvalue weighted by Crippen LogP contribution is -2.31. The van der Waals surface area contributed by atoms with Gasteiger partial charge in [-0.25, -0.2) is 15.0 Å². The number of para-hydroxylation sites is 1. The lowest BCUT2D eigenvalue weighted by Gasteiger charge is -2.28. The quantitative estimate of drug-likeness (QED) is 0.469. The molecule has 0 fully saturated rings. The zero-order valence-electron chi connectivity index (χ0n) is 16.1. The molecule has 0 bridgehead atoms. The minimum atomic E-state index is 0.584. The summed E-state index contributed by atoms with van der Waals surface area (Å²) in [4.78, 5) is 20.5. The fourth-order valence-corrected chi connectivity index (χ4v) is 4.06. The molecule has 0 saturated carbocycles. The van der Waals surface area contributed by atoms with Gasteiger partial charge in [0.1, 0.15) is 5.15 Å². The van der Waals surface area contributed by atoms with Gasteiger partial charge >= 0.3 is 0 Å². The molecule has 29 heavy (non-hydrogen) atoms. The first kappa shape index (κ1) is 18.2. The summed E-state index contributed by atoms with van der Waals surface area (Å²) in [5.74, 6) is 0.738. The van der Waals surface area contributed by atoms with Crippen LogP contribution in [-0.4, -0.2) is 31.4 Å². The molecule has 1 aliphatic rings. The van der Waals surface area contributed by atoms with Crippen molar-refractivity contribution in [3.63, 3.8) is 0 Å². The van der Waals surface area contributed by atoms with Crippen LogP contribution >= 0.6 is 11.6 Å². The molecule has 0 spiro atoms. The number of pyridine rings is 2. The molecule has 5 rings (SSSR count). The minimum Gasteiger partial charge on any atom is -0.294 e. The van der Waals surface area contributed by atoms with Crippen molar-refractivity contribution in [3.05, 3.63) is 82.5 Å². The van der Waals surface area contributed by atoms with E-state index in [1.807, 2.05) is 18.3 Å². The van der Waals surface area contributed by atoms with Gasteiger partial charge < -0.3 is 0 Å². The Balaban J connectivity index is 1.38. The smallest absolute Gasteiger partial charge is 0.160 e. The third-order valence-corrected chi connectivity index (χ3v) is 5.73. The SMILES string of the molecule is Cc1cccc2cc(CN3CCc4nc(-c5cccnc5)ncc4C3)c(Cl)nc12. The Morgan fingerprint density at radius 2 is 2.03 bits per heavy atom. The summed E-state index contributed by atoms with van der Waals surface area (Å²) >= 11 is 6.51. The first-order valence-electron chi connectivity index (χ1n) is 9.70. The number of rotatable bonds is 3. The van der Waals surface area contributed by atoms with E-state index in [9.17, 15) is 0 Å². The van der Waals surface area contributed by atoms with E-state index in [-0.39, 0.29) is 0 Å². The molecular formula is C23H20ClN5. The minimum absolute atomic E-state index is 0.584. The van der Waals surface area contributed by atoms with Crippen molar-refractivity contribution < 1.29 is 0 Å². The number of nitrogens with zero attached hydrogens (tertiary/aromatic N) is 5. The Morgan fingerprint density at radius 1 is 1.10 bits per heavy atom. The number of aromatic nitrogens is 4. The van der Waals surface area contributed by atoms with Crippen molar-refractivity contribution in [2.24, 2.45) is 0 Å². The number of halogens is 1. The van der Waals surface area contributed by atoms with Crippen molar-refractivity contribution in [2.45, 2.75) is 26.4 Å². The molecule has 0 amide bonds. The molecule has 0 radical (unpaired) electrons. The standard InChI is InChI=1S/C23H20ClN5/c1-15-4-2-5-16-10-18(22(24)28-21(15)16)13-29-9-7-20-19(14-29)12-26-23(27-20)17-6-3-8-25-11-17/h2-6,8,10-12H,7,9,13-14H2,1H3. The van der Waals surface area contributed by atoms with Gasteiger partial charge in [-0.2, -0.15) is 0 Å². The molecular weight excluding hydrogens is 382 g/mol. The van der Waals surface area contributed by atoms with Crippen LogP contribution in [0, 0.1) is 6.92 Å². The van der Waals surface area contributed by atoms with E-state index in [0.717, 1.165) is 65.2 Å². The summed E-state index contributed by atoms with van der Waals surface area (Å²) in [6.45, 7) is 4.57. The van der Waals surface area contributed by atoms with Gasteiger partial charge in [-0.1, -0.05) is 29.8 Å². The van der Waals surface area contributed by atoms with E-state index in [1.165, 1.54) is 5.56 Å². The second-order valence-corrected chi connectivity index (χ2v) is 7.81. The summed E-state index contributed by atoms with van der Waals surface area (Å²) in [6.07, 6.45) is 6.39. The van der Waals surface area contributed by atoms with Crippen LogP contribution in [0.5, 0.6) is 0 Å². The molecule has 5 nitrogen and oxygen atoms in total. The second kappa shape index (κ2) is 7.50. The van der Waals surface area contributed by atoms with Gasteiger partial charge in [0.15, 0.2) is 5.82 Å². The van der Waals surface area contributed by atoms with Crippen LogP contribution in [0.2, 0.25) is 5.15 Å². The van der Waals surface area contributed by atoms with Gasteiger partial charge in [-0.15, -0.1) is 0 Å². The average molecular weight is 402 g/mol. The summed E-state index contributed by atoms with van der Waals surface area (Å²) in [5, 5.41) is 1.71. The van der Waals surface area contributed by atoms with Gasteiger partial charge in [0.2, 0.25) is 0 Å². The van der Waals surface area contributed by atoms with Crippen molar-refractivity contribution in [3.8, 4) is 11.4 Å². The first-order valence-corrected chi connectivity index (χ1v) is 10.1. The third kappa shape index (κ3) is 3.59. The monoisotopic (exact) mass is 401 g/mol. The van der Waals surface area contributed by atoms with Crippen molar-refractivity contribution >= 4 is 22.5 Å². The van der Waals surface area contributed by atoms with Gasteiger partial charge in [0.05, 0.1) is 11.2 Å². The maximum absolute atomic E-state index is 6.51. The molecule has 144 valence electrons. The summed E-state index contributed by atoms with van der Waals surface area (Å²) in [7, 11) is 0. The van der Waals surface area contributed by atoms with Crippen LogP contribution in [-0.2, 0) is 19.5 Å². The van der Waals surface area contributed by atoms with Crippen LogP contribution < -0.4 is 0 Å². The van der Waals surface area contributed by atoms with Crippen LogP contribution in [0.3, 0.4) is 0 Å². The van der Waals surface area contributed by atoms with Crippen molar-refractivity contribution in [2.75, 3.05) is 6.54 Å². The fraction of sp³-hybridized carbons (Fsp3) is 0.217. The largest absolute Gasteiger partial charge is 0.294 e. The van der Waals surface area contributed by atoms with Gasteiger partial charge in [-0.3, -0.25) is 9.88 Å². The molecule has 6 heteroatoms. The molecule has 1 aromatic carbocycles. The average Bonchev–Trinajstić information content (AvgIpc) is 2.75. The van der Waals surface area contributed by atoms with Crippen LogP contribution in [0.1, 0.15) is 22.4 Å². The molecule has 4 aromatic rings. The first-order chi connectivity index (χ1) is 14.2. The Kier molecular flexibility index (Phi) is 4.70. The highest BCUT2D eigenvalue weighted by Crippen LogP contribution is 2.26. The van der Waals surface area contributed by atoms with E-state index in [0.29, 0.717) is 5.15 Å². The molecule has 3 aromatic heterocycles. The summed E-state index contributed by atoms with van der Waals surface area (Å²) in [6, 6.07) is 12.3. The molecule has 0 N–H and O–H groups in total. The number of aryl methyl sites for hydroxylation is 1. The number of hydrogen-bond acceptors (Lipinski definition) is 5. The zero-order valence-corrected chi connectivity index (χ0v) is 16.9. The van der Waals surface area contributed by atoms with Crippen molar-refractivity contribution in [1.29, 1.82) is 0 Å². The van der Waals surface area contributed by atoms with E-state index in [1.54, 1.807) is 12.4 Å². The number of fused-ring (bicyclic) bond motifs is 2. The van der Waals surface area contributed by atoms with Crippen LogP contribution in [0.4, 0.5) is 0 Å². The summed E-state index contributed by atoms with van der Waals surface area (Å²) in [5.41, 5.74) is 6.41. The molecule has 1 aliphatic heterocycles. The Bertz CT molecular complexity index is 1190. The lowest BCUT2D eigenvalue weighted by molar-refractivity contribution is 0.243. The van der Waals surface area contributed by atoms with Crippen LogP contribution in [0.25, 0.3) is 22.3 Å². The maximum atomic E-state index is 6.51. The normalized spacial score (nSPS) is 14.1. The van der Waals surface area contributed by atoms with E-state index in [2.05, 4.69) is 51.0 Å². The van der Waals surface area contributed by atoms with Gasteiger partial charge in [-0.05, 0) is 30.7 Å². The summed E-state index contributed by atoms with van der Waals surface area (Å²) < 4.78 is 0. The predicted molar refractivity (Wildman–Crippen MR) is 115 cm³/mol. The second-order valence-electron chi connectivity index (χ2n) is 7.45. The Labute approximate surface area is 174 Å². The highest BCUT2D eigenvalue weighted by atomic mass is 35.5. The molecule has 0 atom stereocenters. The van der Waals surface area contributed by atoms with Gasteiger partial charge in [0, 0.05) is 66.7 Å². The van der Waals surface area contributed by atoms with E-state index in [4.69, 9.17) is 16.6 Å². The Hall–Kier alpha value is -2.89. The third-order valence-electron chi connectivity index (χ3n) is 5.40. The van der Waals surface area contributed by atoms with Crippen molar-refractivity contribution in [1.82, 2.24) is 24.8 Å². The fourth-order valence-electron chi connectivity index (χ4n) is 3.86. The Morgan fingerprint density at radius 3 is 2.90 bits per heavy atom.